The molecule has 5 heteroatoms. The van der Waals surface area contributed by atoms with Crippen molar-refractivity contribution in [3.63, 3.8) is 0 Å². The van der Waals surface area contributed by atoms with E-state index in [1.54, 1.807) is 12.3 Å². The number of amides is 1. The first-order valence-corrected chi connectivity index (χ1v) is 4.03. The van der Waals surface area contributed by atoms with Crippen LogP contribution in [-0.4, -0.2) is 16.4 Å². The van der Waals surface area contributed by atoms with Gasteiger partial charge in [0.05, 0.1) is 10.3 Å². The van der Waals surface area contributed by atoms with Crippen LogP contribution in [0.2, 0.25) is 0 Å². The first-order valence-electron chi connectivity index (χ1n) is 2.40. The number of hydrogen-bond donors (Lipinski definition) is 1. The summed E-state index contributed by atoms with van der Waals surface area (Å²) < 4.78 is 0.329. The molecule has 0 spiro atoms. The van der Waals surface area contributed by atoms with Crippen molar-refractivity contribution >= 4 is 34.1 Å². The summed E-state index contributed by atoms with van der Waals surface area (Å²) in [6.45, 7) is 0. The van der Waals surface area contributed by atoms with E-state index in [1.165, 1.54) is 11.8 Å². The number of carbonyl (C=O) groups is 1. The monoisotopic (exact) mass is 174 g/mol. The standard InChI is InChI=1S/C5H6N2OS2/c1-10-5(9)3(2-6)4(7)8/h3H,1H3,(H2,7,8). The van der Waals surface area contributed by atoms with E-state index in [0.717, 1.165) is 0 Å². The number of rotatable bonds is 2. The lowest BCUT2D eigenvalue weighted by molar-refractivity contribution is -0.118. The lowest BCUT2D eigenvalue weighted by Crippen LogP contribution is -2.26. The minimum Gasteiger partial charge on any atom is -0.368 e. The van der Waals surface area contributed by atoms with Crippen molar-refractivity contribution in [1.82, 2.24) is 0 Å². The van der Waals surface area contributed by atoms with Crippen LogP contribution in [0.5, 0.6) is 0 Å². The molecule has 0 aliphatic heterocycles. The van der Waals surface area contributed by atoms with Gasteiger partial charge in [0.1, 0.15) is 0 Å². The van der Waals surface area contributed by atoms with Gasteiger partial charge >= 0.3 is 0 Å². The Bertz CT molecular complexity index is 196. The summed E-state index contributed by atoms with van der Waals surface area (Å²) in [4.78, 5) is 10.4. The van der Waals surface area contributed by atoms with E-state index in [1.807, 2.05) is 0 Å². The number of nitrogens with zero attached hydrogens (tertiary/aromatic N) is 1. The molecule has 10 heavy (non-hydrogen) atoms. The van der Waals surface area contributed by atoms with Crippen LogP contribution in [0.1, 0.15) is 0 Å². The molecule has 1 unspecified atom stereocenters. The smallest absolute Gasteiger partial charge is 0.240 e. The normalized spacial score (nSPS) is 11.6. The molecular formula is C5H6N2OS2. The Morgan fingerprint density at radius 3 is 2.50 bits per heavy atom. The van der Waals surface area contributed by atoms with Crippen molar-refractivity contribution in [2.45, 2.75) is 0 Å². The van der Waals surface area contributed by atoms with Crippen LogP contribution in [0.15, 0.2) is 0 Å². The van der Waals surface area contributed by atoms with E-state index >= 15 is 0 Å². The molecule has 54 valence electrons. The summed E-state index contributed by atoms with van der Waals surface area (Å²) in [5.74, 6) is -1.60. The Balaban J connectivity index is 4.25. The third kappa shape index (κ3) is 2.33. The van der Waals surface area contributed by atoms with Crippen LogP contribution in [0.25, 0.3) is 0 Å². The number of hydrogen-bond acceptors (Lipinski definition) is 4. The lowest BCUT2D eigenvalue weighted by Gasteiger charge is -2.01. The van der Waals surface area contributed by atoms with Crippen molar-refractivity contribution in [2.24, 2.45) is 11.7 Å². The molecule has 2 N–H and O–H groups in total. The van der Waals surface area contributed by atoms with Crippen LogP contribution >= 0.6 is 24.0 Å². The van der Waals surface area contributed by atoms with Gasteiger partial charge in [0.2, 0.25) is 5.91 Å². The van der Waals surface area contributed by atoms with E-state index in [9.17, 15) is 4.79 Å². The minimum atomic E-state index is -0.926. The van der Waals surface area contributed by atoms with E-state index in [-0.39, 0.29) is 0 Å². The second-order valence-electron chi connectivity index (χ2n) is 1.49. The fourth-order valence-electron chi connectivity index (χ4n) is 0.350. The fraction of sp³-hybridized carbons (Fsp3) is 0.400. The first-order chi connectivity index (χ1) is 4.63. The zero-order valence-electron chi connectivity index (χ0n) is 5.33. The van der Waals surface area contributed by atoms with Crippen LogP contribution < -0.4 is 5.73 Å². The maximum Gasteiger partial charge on any atom is 0.240 e. The van der Waals surface area contributed by atoms with Gasteiger partial charge in [0.25, 0.3) is 0 Å². The van der Waals surface area contributed by atoms with Crippen LogP contribution in [-0.2, 0) is 4.79 Å². The van der Waals surface area contributed by atoms with E-state index in [0.29, 0.717) is 4.20 Å². The second-order valence-corrected chi connectivity index (χ2v) is 3.03. The Labute approximate surface area is 68.6 Å². The summed E-state index contributed by atoms with van der Waals surface area (Å²) in [6.07, 6.45) is 1.70. The summed E-state index contributed by atoms with van der Waals surface area (Å²) in [6, 6.07) is 1.72. The first kappa shape index (κ1) is 9.40. The van der Waals surface area contributed by atoms with Gasteiger partial charge in [-0.3, -0.25) is 4.79 Å². The third-order valence-corrected chi connectivity index (χ3v) is 2.22. The topological polar surface area (TPSA) is 66.9 Å². The molecule has 0 aliphatic carbocycles. The van der Waals surface area contributed by atoms with Gasteiger partial charge in [0, 0.05) is 0 Å². The molecule has 0 bridgehead atoms. The predicted octanol–water partition coefficient (Wildman–Crippen LogP) is 0.302. The molecule has 0 radical (unpaired) electrons. The Kier molecular flexibility index (Phi) is 4.00. The van der Waals surface area contributed by atoms with Gasteiger partial charge in [-0.1, -0.05) is 12.2 Å². The molecule has 1 atom stereocenters. The lowest BCUT2D eigenvalue weighted by atomic mass is 10.2. The number of thiocarbonyl (C=S) groups is 1. The molecule has 0 fully saturated rings. The highest BCUT2D eigenvalue weighted by atomic mass is 32.2. The number of nitriles is 1. The van der Waals surface area contributed by atoms with E-state index in [2.05, 4.69) is 0 Å². The van der Waals surface area contributed by atoms with Gasteiger partial charge in [-0.2, -0.15) is 5.26 Å². The number of carbonyl (C=O) groups excluding carboxylic acids is 1. The summed E-state index contributed by atoms with van der Waals surface area (Å²) in [7, 11) is 0. The highest BCUT2D eigenvalue weighted by Crippen LogP contribution is 2.08. The van der Waals surface area contributed by atoms with Gasteiger partial charge in [-0.15, -0.1) is 11.8 Å². The van der Waals surface area contributed by atoms with Gasteiger partial charge in [-0.25, -0.2) is 0 Å². The number of primary amides is 1. The number of nitrogens with two attached hydrogens (primary N) is 1. The molecule has 0 aromatic rings. The van der Waals surface area contributed by atoms with E-state index < -0.39 is 11.8 Å². The molecule has 0 heterocycles. The molecule has 3 nitrogen and oxygen atoms in total. The molecule has 1 amide bonds. The molecular weight excluding hydrogens is 168 g/mol. The van der Waals surface area contributed by atoms with Crippen molar-refractivity contribution in [3.05, 3.63) is 0 Å². The van der Waals surface area contributed by atoms with Crippen LogP contribution in [0.3, 0.4) is 0 Å². The fourth-order valence-corrected chi connectivity index (χ4v) is 0.924. The predicted molar refractivity (Wildman–Crippen MR) is 44.4 cm³/mol. The van der Waals surface area contributed by atoms with E-state index in [4.69, 9.17) is 23.2 Å². The SMILES string of the molecule is CSC(=S)C(C#N)C(N)=O. The van der Waals surface area contributed by atoms with Gasteiger partial charge in [-0.05, 0) is 6.26 Å². The molecule has 0 aromatic carbocycles. The summed E-state index contributed by atoms with van der Waals surface area (Å²) >= 11 is 5.89. The zero-order valence-corrected chi connectivity index (χ0v) is 6.96. The molecule has 0 aromatic heterocycles. The maximum absolute atomic E-state index is 10.4. The van der Waals surface area contributed by atoms with Crippen molar-refractivity contribution < 1.29 is 4.79 Å². The largest absolute Gasteiger partial charge is 0.368 e. The summed E-state index contributed by atoms with van der Waals surface area (Å²) in [5, 5.41) is 8.35. The highest BCUT2D eigenvalue weighted by Gasteiger charge is 2.18. The maximum atomic E-state index is 10.4. The Morgan fingerprint density at radius 1 is 1.90 bits per heavy atom. The molecule has 0 saturated carbocycles. The quantitative estimate of drug-likeness (QED) is 0.611. The van der Waals surface area contributed by atoms with Crippen molar-refractivity contribution in [3.8, 4) is 6.07 Å². The van der Waals surface area contributed by atoms with Crippen LogP contribution in [0.4, 0.5) is 0 Å². The highest BCUT2D eigenvalue weighted by molar-refractivity contribution is 8.22. The second kappa shape index (κ2) is 4.25. The Hall–Kier alpha value is -0.600. The van der Waals surface area contributed by atoms with Gasteiger partial charge in [0.15, 0.2) is 5.92 Å². The van der Waals surface area contributed by atoms with Crippen LogP contribution in [0, 0.1) is 17.2 Å². The van der Waals surface area contributed by atoms with Crippen molar-refractivity contribution in [1.29, 1.82) is 5.26 Å². The summed E-state index contributed by atoms with van der Waals surface area (Å²) in [5.41, 5.74) is 4.86. The van der Waals surface area contributed by atoms with Crippen molar-refractivity contribution in [2.75, 3.05) is 6.26 Å². The molecule has 0 rings (SSSR count). The number of thioether (sulfide) groups is 1. The minimum absolute atomic E-state index is 0.329. The molecule has 0 aliphatic rings. The third-order valence-electron chi connectivity index (χ3n) is 0.851. The Morgan fingerprint density at radius 2 is 2.40 bits per heavy atom. The molecule has 0 saturated heterocycles. The van der Waals surface area contributed by atoms with Gasteiger partial charge < -0.3 is 5.73 Å². The average Bonchev–Trinajstić information content (AvgIpc) is 1.88. The average molecular weight is 174 g/mol. The zero-order chi connectivity index (χ0) is 8.15.